The van der Waals surface area contributed by atoms with Crippen molar-refractivity contribution in [3.63, 3.8) is 0 Å². The zero-order valence-corrected chi connectivity index (χ0v) is 23.2. The SMILES string of the molecule is CCCC1=C([C@H](O)CC/C(=C/c2ccc(O)cc2Cl)c2ccccn2)[C@H](CO)[C@@H]2C(=O)N(C(=O)OC)C(=O)[C@@H]2C1. The normalized spacial score (nSPS) is 22.0. The molecule has 0 unspecified atom stereocenters. The summed E-state index contributed by atoms with van der Waals surface area (Å²) in [5, 5.41) is 32.1. The fraction of sp³-hybridized carbons (Fsp3) is 0.400. The highest BCUT2D eigenvalue weighted by Gasteiger charge is 2.57. The van der Waals surface area contributed by atoms with Crippen molar-refractivity contribution in [1.29, 1.82) is 0 Å². The lowest BCUT2D eigenvalue weighted by Gasteiger charge is -2.36. The Bertz CT molecular complexity index is 1340. The van der Waals surface area contributed by atoms with E-state index in [1.165, 1.54) is 12.1 Å². The molecule has 3 amide bonds. The number of aliphatic hydroxyl groups excluding tert-OH is 2. The molecule has 40 heavy (non-hydrogen) atoms. The molecule has 2 aromatic rings. The van der Waals surface area contributed by atoms with E-state index in [-0.39, 0.29) is 18.6 Å². The number of aromatic hydroxyl groups is 1. The van der Waals surface area contributed by atoms with Crippen molar-refractivity contribution in [2.75, 3.05) is 13.7 Å². The number of carbonyl (C=O) groups excluding carboxylic acids is 3. The van der Waals surface area contributed by atoms with Crippen molar-refractivity contribution in [2.45, 2.75) is 45.1 Å². The molecule has 1 aliphatic heterocycles. The Balaban J connectivity index is 1.66. The number of imide groups is 3. The average molecular weight is 569 g/mol. The van der Waals surface area contributed by atoms with Crippen LogP contribution in [0.4, 0.5) is 4.79 Å². The number of amides is 3. The van der Waals surface area contributed by atoms with Gasteiger partial charge in [0.05, 0.1) is 42.4 Å². The summed E-state index contributed by atoms with van der Waals surface area (Å²) < 4.78 is 4.65. The molecule has 9 nitrogen and oxygen atoms in total. The summed E-state index contributed by atoms with van der Waals surface area (Å²) >= 11 is 6.35. The minimum atomic E-state index is -1.04. The molecule has 2 heterocycles. The predicted molar refractivity (Wildman–Crippen MR) is 149 cm³/mol. The van der Waals surface area contributed by atoms with Crippen LogP contribution in [0.5, 0.6) is 5.75 Å². The summed E-state index contributed by atoms with van der Waals surface area (Å²) in [7, 11) is 1.10. The number of phenols is 1. The van der Waals surface area contributed by atoms with Gasteiger partial charge >= 0.3 is 6.09 Å². The highest BCUT2D eigenvalue weighted by atomic mass is 35.5. The fourth-order valence-corrected chi connectivity index (χ4v) is 6.09. The van der Waals surface area contributed by atoms with Crippen LogP contribution in [-0.2, 0) is 14.3 Å². The number of nitrogens with zero attached hydrogens (tertiary/aromatic N) is 2. The summed E-state index contributed by atoms with van der Waals surface area (Å²) in [6, 6.07) is 10.2. The number of fused-ring (bicyclic) bond motifs is 1. The molecule has 3 N–H and O–H groups in total. The Morgan fingerprint density at radius 2 is 2.02 bits per heavy atom. The number of likely N-dealkylation sites (tertiary alicyclic amines) is 1. The van der Waals surface area contributed by atoms with Crippen LogP contribution in [0.15, 0.2) is 53.7 Å². The van der Waals surface area contributed by atoms with Gasteiger partial charge in [0.25, 0.3) is 0 Å². The number of ether oxygens (including phenoxy) is 1. The summed E-state index contributed by atoms with van der Waals surface area (Å²) in [4.78, 5) is 43.4. The standard InChI is InChI=1S/C30H33ClN2O7/c1-3-6-19-14-21-27(29(38)33(28(21)37)30(39)40-2)22(16-34)26(19)25(36)11-9-18(24-7-4-5-12-32-24)13-17-8-10-20(35)15-23(17)31/h4-5,7-8,10,12-13,15,21-22,25,27,34-36H,3,6,9,11,14,16H2,1-2H3/b18-13-/t21-,22+,25-,27-/m1/s1. The Kier molecular flexibility index (Phi) is 9.40. The molecule has 10 heteroatoms. The maximum absolute atomic E-state index is 13.2. The predicted octanol–water partition coefficient (Wildman–Crippen LogP) is 4.60. The number of pyridine rings is 1. The van der Waals surface area contributed by atoms with E-state index in [0.29, 0.717) is 39.6 Å². The van der Waals surface area contributed by atoms with E-state index in [1.807, 2.05) is 25.1 Å². The summed E-state index contributed by atoms with van der Waals surface area (Å²) in [6.07, 6.45) is 3.63. The van der Waals surface area contributed by atoms with Gasteiger partial charge in [0.1, 0.15) is 5.75 Å². The molecule has 1 saturated heterocycles. The minimum Gasteiger partial charge on any atom is -0.508 e. The van der Waals surface area contributed by atoms with Crippen LogP contribution in [0.3, 0.4) is 0 Å². The van der Waals surface area contributed by atoms with Crippen molar-refractivity contribution in [3.8, 4) is 5.75 Å². The van der Waals surface area contributed by atoms with Crippen molar-refractivity contribution >= 4 is 41.2 Å². The number of hydrogen-bond acceptors (Lipinski definition) is 8. The van der Waals surface area contributed by atoms with E-state index in [4.69, 9.17) is 11.6 Å². The van der Waals surface area contributed by atoms with Crippen molar-refractivity contribution in [1.82, 2.24) is 9.88 Å². The molecule has 0 spiro atoms. The van der Waals surface area contributed by atoms with Gasteiger partial charge in [-0.3, -0.25) is 14.6 Å². The van der Waals surface area contributed by atoms with E-state index in [0.717, 1.165) is 24.7 Å². The maximum atomic E-state index is 13.2. The van der Waals surface area contributed by atoms with Crippen LogP contribution in [0.25, 0.3) is 11.6 Å². The number of methoxy groups -OCH3 is 1. The van der Waals surface area contributed by atoms with Gasteiger partial charge in [-0.2, -0.15) is 4.90 Å². The van der Waals surface area contributed by atoms with Gasteiger partial charge in [-0.05, 0) is 78.8 Å². The van der Waals surface area contributed by atoms with Crippen molar-refractivity contribution in [3.05, 3.63) is 70.0 Å². The highest BCUT2D eigenvalue weighted by molar-refractivity contribution is 6.32. The number of halogens is 1. The monoisotopic (exact) mass is 568 g/mol. The molecule has 0 saturated carbocycles. The molecule has 1 fully saturated rings. The Hall–Kier alpha value is -3.53. The number of phenolic OH excluding ortho intramolecular Hbond substituents is 1. The lowest BCUT2D eigenvalue weighted by atomic mass is 9.67. The number of hydrogen-bond donors (Lipinski definition) is 3. The molecule has 4 rings (SSSR count). The Labute approximate surface area is 237 Å². The first-order valence-electron chi connectivity index (χ1n) is 13.3. The van der Waals surface area contributed by atoms with Gasteiger partial charge in [-0.1, -0.05) is 36.6 Å². The molecule has 1 aromatic heterocycles. The molecule has 2 aliphatic rings. The van der Waals surface area contributed by atoms with Gasteiger partial charge in [-0.15, -0.1) is 0 Å². The van der Waals surface area contributed by atoms with Crippen LogP contribution in [-0.4, -0.2) is 62.9 Å². The van der Waals surface area contributed by atoms with Gasteiger partial charge in [-0.25, -0.2) is 4.79 Å². The molecule has 1 aromatic carbocycles. The third-order valence-corrected chi connectivity index (χ3v) is 7.97. The van der Waals surface area contributed by atoms with Crippen molar-refractivity contribution < 1.29 is 34.4 Å². The van der Waals surface area contributed by atoms with Crippen LogP contribution in [0, 0.1) is 17.8 Å². The average Bonchev–Trinajstić information content (AvgIpc) is 3.20. The van der Waals surface area contributed by atoms with Gasteiger partial charge in [0.15, 0.2) is 0 Å². The largest absolute Gasteiger partial charge is 0.508 e. The third kappa shape index (κ3) is 5.82. The quantitative estimate of drug-likeness (QED) is 0.295. The second kappa shape index (κ2) is 12.8. The second-order valence-electron chi connectivity index (χ2n) is 10.1. The molecule has 1 aliphatic carbocycles. The minimum absolute atomic E-state index is 0.0451. The number of allylic oxidation sites excluding steroid dienone is 2. The van der Waals surface area contributed by atoms with E-state index < -0.39 is 48.4 Å². The zero-order chi connectivity index (χ0) is 29.0. The number of aromatic nitrogens is 1. The molecule has 0 radical (unpaired) electrons. The number of aliphatic hydroxyl groups is 2. The topological polar surface area (TPSA) is 137 Å². The fourth-order valence-electron chi connectivity index (χ4n) is 5.86. The number of benzene rings is 1. The molecule has 4 atom stereocenters. The van der Waals surface area contributed by atoms with Crippen LogP contribution >= 0.6 is 11.6 Å². The first-order valence-corrected chi connectivity index (χ1v) is 13.7. The lowest BCUT2D eigenvalue weighted by Crippen LogP contribution is -2.40. The first kappa shape index (κ1) is 29.5. The molecular weight excluding hydrogens is 536 g/mol. The second-order valence-corrected chi connectivity index (χ2v) is 10.5. The van der Waals surface area contributed by atoms with Crippen LogP contribution < -0.4 is 0 Å². The van der Waals surface area contributed by atoms with E-state index in [9.17, 15) is 29.7 Å². The van der Waals surface area contributed by atoms with Crippen LogP contribution in [0.2, 0.25) is 5.02 Å². The van der Waals surface area contributed by atoms with E-state index in [2.05, 4.69) is 9.72 Å². The zero-order valence-electron chi connectivity index (χ0n) is 22.4. The maximum Gasteiger partial charge on any atom is 0.423 e. The number of carbonyl (C=O) groups is 3. The van der Waals surface area contributed by atoms with Gasteiger partial charge in [0.2, 0.25) is 11.8 Å². The molecule has 0 bridgehead atoms. The van der Waals surface area contributed by atoms with E-state index in [1.54, 1.807) is 18.3 Å². The Morgan fingerprint density at radius 3 is 2.65 bits per heavy atom. The van der Waals surface area contributed by atoms with Gasteiger partial charge in [0, 0.05) is 12.1 Å². The smallest absolute Gasteiger partial charge is 0.423 e. The molecular formula is C30H33ClN2O7. The van der Waals surface area contributed by atoms with E-state index >= 15 is 0 Å². The third-order valence-electron chi connectivity index (χ3n) is 7.64. The number of rotatable bonds is 9. The summed E-state index contributed by atoms with van der Waals surface area (Å²) in [5.41, 5.74) is 3.54. The lowest BCUT2D eigenvalue weighted by molar-refractivity contribution is -0.137. The Morgan fingerprint density at radius 1 is 1.25 bits per heavy atom. The van der Waals surface area contributed by atoms with Crippen LogP contribution in [0.1, 0.15) is 50.3 Å². The molecule has 212 valence electrons. The van der Waals surface area contributed by atoms with Gasteiger partial charge < -0.3 is 20.1 Å². The summed E-state index contributed by atoms with van der Waals surface area (Å²) in [5.74, 6) is -3.85. The highest BCUT2D eigenvalue weighted by Crippen LogP contribution is 2.47. The summed E-state index contributed by atoms with van der Waals surface area (Å²) in [6.45, 7) is 1.52. The first-order chi connectivity index (χ1) is 19.2. The van der Waals surface area contributed by atoms with Crippen molar-refractivity contribution in [2.24, 2.45) is 17.8 Å².